The van der Waals surface area contributed by atoms with Crippen molar-refractivity contribution in [2.45, 2.75) is 0 Å². The number of hydrogen-bond donors (Lipinski definition) is 1. The van der Waals surface area contributed by atoms with Gasteiger partial charge in [0, 0.05) is 11.6 Å². The minimum atomic E-state index is -0.849. The summed E-state index contributed by atoms with van der Waals surface area (Å²) in [4.78, 5) is 25.6. The summed E-state index contributed by atoms with van der Waals surface area (Å²) in [6.45, 7) is 0. The number of hydrogen-bond acceptors (Lipinski definition) is 4. The molecule has 0 bridgehead atoms. The number of anilines is 1. The van der Waals surface area contributed by atoms with Gasteiger partial charge >= 0.3 is 0 Å². The Kier molecular flexibility index (Phi) is 4.04. The number of nitrogens with zero attached hydrogens (tertiary/aromatic N) is 2. The summed E-state index contributed by atoms with van der Waals surface area (Å²) >= 11 is 3.14. The molecule has 0 aliphatic rings. The topological polar surface area (TPSA) is 85.1 Å². The summed E-state index contributed by atoms with van der Waals surface area (Å²) in [5, 5.41) is 13.1. The van der Waals surface area contributed by atoms with E-state index >= 15 is 0 Å². The highest BCUT2D eigenvalue weighted by Gasteiger charge is 2.14. The summed E-state index contributed by atoms with van der Waals surface area (Å²) < 4.78 is 13.8. The standard InChI is InChI=1S/C12H7BrFN3O3/c13-11-2-1-9(6-15-11)16-12(18)7-3-8(14)5-10(4-7)17(19)20/h1-6H,(H,16,18). The van der Waals surface area contributed by atoms with Crippen molar-refractivity contribution in [1.82, 2.24) is 4.98 Å². The monoisotopic (exact) mass is 339 g/mol. The lowest BCUT2D eigenvalue weighted by Crippen LogP contribution is -2.12. The zero-order chi connectivity index (χ0) is 14.7. The molecule has 0 aliphatic heterocycles. The highest BCUT2D eigenvalue weighted by Crippen LogP contribution is 2.18. The maximum absolute atomic E-state index is 13.2. The van der Waals surface area contributed by atoms with Crippen LogP contribution in [0.1, 0.15) is 10.4 Å². The van der Waals surface area contributed by atoms with Crippen molar-refractivity contribution in [3.63, 3.8) is 0 Å². The molecule has 2 rings (SSSR count). The van der Waals surface area contributed by atoms with Crippen LogP contribution in [0, 0.1) is 15.9 Å². The fraction of sp³-hybridized carbons (Fsp3) is 0. The molecule has 6 nitrogen and oxygen atoms in total. The zero-order valence-electron chi connectivity index (χ0n) is 9.84. The van der Waals surface area contributed by atoms with E-state index in [9.17, 15) is 19.3 Å². The lowest BCUT2D eigenvalue weighted by atomic mass is 10.2. The van der Waals surface area contributed by atoms with Gasteiger partial charge in [0.1, 0.15) is 10.4 Å². The lowest BCUT2D eigenvalue weighted by molar-refractivity contribution is -0.385. The van der Waals surface area contributed by atoms with E-state index in [1.54, 1.807) is 12.1 Å². The number of non-ortho nitro benzene ring substituents is 1. The molecule has 0 radical (unpaired) electrons. The lowest BCUT2D eigenvalue weighted by Gasteiger charge is -2.05. The van der Waals surface area contributed by atoms with Crippen LogP contribution < -0.4 is 5.32 Å². The third-order valence-electron chi connectivity index (χ3n) is 2.34. The van der Waals surface area contributed by atoms with Crippen LogP contribution in [-0.4, -0.2) is 15.8 Å². The van der Waals surface area contributed by atoms with E-state index in [1.807, 2.05) is 0 Å². The Hall–Kier alpha value is -2.35. The first-order valence-electron chi connectivity index (χ1n) is 5.33. The van der Waals surface area contributed by atoms with Gasteiger partial charge in [0.05, 0.1) is 22.9 Å². The number of nitrogens with one attached hydrogen (secondary N) is 1. The van der Waals surface area contributed by atoms with Crippen LogP contribution in [0.5, 0.6) is 0 Å². The third kappa shape index (κ3) is 3.35. The molecular formula is C12H7BrFN3O3. The van der Waals surface area contributed by atoms with Crippen molar-refractivity contribution in [2.24, 2.45) is 0 Å². The fourth-order valence-electron chi connectivity index (χ4n) is 1.46. The molecule has 0 spiro atoms. The number of carbonyl (C=O) groups is 1. The first-order chi connectivity index (χ1) is 9.45. The fourth-order valence-corrected chi connectivity index (χ4v) is 1.70. The van der Waals surface area contributed by atoms with E-state index in [0.717, 1.165) is 18.2 Å². The van der Waals surface area contributed by atoms with Gasteiger partial charge in [-0.1, -0.05) is 0 Å². The van der Waals surface area contributed by atoms with Crippen LogP contribution in [0.3, 0.4) is 0 Å². The van der Waals surface area contributed by atoms with Gasteiger partial charge in [0.25, 0.3) is 11.6 Å². The molecule has 1 aromatic carbocycles. The number of carbonyl (C=O) groups excluding carboxylic acids is 1. The van der Waals surface area contributed by atoms with Gasteiger partial charge in [-0.25, -0.2) is 9.37 Å². The third-order valence-corrected chi connectivity index (χ3v) is 2.81. The molecule has 102 valence electrons. The predicted octanol–water partition coefficient (Wildman–Crippen LogP) is 3.14. The summed E-state index contributed by atoms with van der Waals surface area (Å²) in [6, 6.07) is 5.88. The van der Waals surface area contributed by atoms with Crippen molar-refractivity contribution in [2.75, 3.05) is 5.32 Å². The summed E-state index contributed by atoms with van der Waals surface area (Å²) in [5.74, 6) is -1.50. The van der Waals surface area contributed by atoms with Gasteiger partial charge in [0.15, 0.2) is 0 Å². The normalized spacial score (nSPS) is 10.1. The molecule has 0 saturated heterocycles. The molecule has 20 heavy (non-hydrogen) atoms. The largest absolute Gasteiger partial charge is 0.321 e. The molecule has 0 saturated carbocycles. The average Bonchev–Trinajstić information content (AvgIpc) is 2.40. The molecule has 8 heteroatoms. The second kappa shape index (κ2) is 5.74. The minimum Gasteiger partial charge on any atom is -0.321 e. The summed E-state index contributed by atoms with van der Waals surface area (Å²) in [5.41, 5.74) is -0.228. The van der Waals surface area contributed by atoms with Crippen LogP contribution >= 0.6 is 15.9 Å². The van der Waals surface area contributed by atoms with E-state index in [4.69, 9.17) is 0 Å². The molecule has 0 aliphatic carbocycles. The van der Waals surface area contributed by atoms with Crippen molar-refractivity contribution in [3.8, 4) is 0 Å². The van der Waals surface area contributed by atoms with Crippen molar-refractivity contribution in [1.29, 1.82) is 0 Å². The van der Waals surface area contributed by atoms with E-state index < -0.39 is 22.3 Å². The van der Waals surface area contributed by atoms with Gasteiger partial charge in [-0.05, 0) is 34.1 Å². The molecule has 1 N–H and O–H groups in total. The molecular weight excluding hydrogens is 333 g/mol. The smallest absolute Gasteiger partial charge is 0.273 e. The minimum absolute atomic E-state index is 0.139. The molecule has 0 atom stereocenters. The first-order valence-corrected chi connectivity index (χ1v) is 6.13. The Labute approximate surface area is 120 Å². The maximum Gasteiger partial charge on any atom is 0.273 e. The van der Waals surface area contributed by atoms with E-state index in [0.29, 0.717) is 10.3 Å². The Bertz CT molecular complexity index is 676. The summed E-state index contributed by atoms with van der Waals surface area (Å²) in [6.07, 6.45) is 1.40. The van der Waals surface area contributed by atoms with E-state index in [1.165, 1.54) is 6.20 Å². The van der Waals surface area contributed by atoms with Crippen LogP contribution in [0.15, 0.2) is 41.1 Å². The second-order valence-electron chi connectivity index (χ2n) is 3.78. The predicted molar refractivity (Wildman–Crippen MR) is 72.9 cm³/mol. The Balaban J connectivity index is 2.25. The number of halogens is 2. The van der Waals surface area contributed by atoms with Gasteiger partial charge in [0.2, 0.25) is 0 Å². The highest BCUT2D eigenvalue weighted by atomic mass is 79.9. The summed E-state index contributed by atoms with van der Waals surface area (Å²) in [7, 11) is 0. The van der Waals surface area contributed by atoms with E-state index in [-0.39, 0.29) is 5.56 Å². The van der Waals surface area contributed by atoms with Crippen molar-refractivity contribution in [3.05, 3.63) is 62.6 Å². The Morgan fingerprint density at radius 2 is 2.10 bits per heavy atom. The highest BCUT2D eigenvalue weighted by molar-refractivity contribution is 9.10. The SMILES string of the molecule is O=C(Nc1ccc(Br)nc1)c1cc(F)cc([N+](=O)[O-])c1. The quantitative estimate of drug-likeness (QED) is 0.528. The number of amides is 1. The molecule has 1 heterocycles. The molecule has 2 aromatic rings. The van der Waals surface area contributed by atoms with E-state index in [2.05, 4.69) is 26.2 Å². The number of benzene rings is 1. The number of rotatable bonds is 3. The molecule has 0 fully saturated rings. The van der Waals surface area contributed by atoms with Gasteiger partial charge in [-0.15, -0.1) is 0 Å². The first kappa shape index (κ1) is 14.1. The Morgan fingerprint density at radius 3 is 2.70 bits per heavy atom. The van der Waals surface area contributed by atoms with Crippen molar-refractivity contribution >= 4 is 33.2 Å². The zero-order valence-corrected chi connectivity index (χ0v) is 11.4. The number of nitro groups is 1. The van der Waals surface area contributed by atoms with Crippen LogP contribution in [-0.2, 0) is 0 Å². The van der Waals surface area contributed by atoms with Gasteiger partial charge in [-0.3, -0.25) is 14.9 Å². The van der Waals surface area contributed by atoms with Gasteiger partial charge < -0.3 is 5.32 Å². The van der Waals surface area contributed by atoms with Gasteiger partial charge in [-0.2, -0.15) is 0 Å². The maximum atomic E-state index is 13.2. The number of aromatic nitrogens is 1. The molecule has 0 unspecified atom stereocenters. The number of pyridine rings is 1. The van der Waals surface area contributed by atoms with Crippen LogP contribution in [0.25, 0.3) is 0 Å². The average molecular weight is 340 g/mol. The molecule has 1 aromatic heterocycles. The second-order valence-corrected chi connectivity index (χ2v) is 4.59. The molecule has 1 amide bonds. The number of nitro benzene ring substituents is 1. The van der Waals surface area contributed by atoms with Crippen LogP contribution in [0.2, 0.25) is 0 Å². The van der Waals surface area contributed by atoms with Crippen molar-refractivity contribution < 1.29 is 14.1 Å². The van der Waals surface area contributed by atoms with Crippen LogP contribution in [0.4, 0.5) is 15.8 Å². The Morgan fingerprint density at radius 1 is 1.35 bits per heavy atom.